The van der Waals surface area contributed by atoms with Gasteiger partial charge in [0.1, 0.15) is 11.3 Å². The maximum absolute atomic E-state index is 14.1. The van der Waals surface area contributed by atoms with Crippen LogP contribution >= 0.6 is 0 Å². The first kappa shape index (κ1) is 22.5. The molecule has 9 nitrogen and oxygen atoms in total. The average molecular weight is 450 g/mol. The Bertz CT molecular complexity index is 1260. The Morgan fingerprint density at radius 3 is 2.06 bits per heavy atom. The molecule has 0 fully saturated rings. The standard InChI is InChI=1S/C20H13F3N2O7/c1-31-18(27)11-7-8-24-13(9-11)14(19(28)32-2)15(20(21,22)23)16(24)17(26)10-3-5-12(6-4-10)25(29)30/h3-9H,1-2H3. The molecule has 0 N–H and O–H groups in total. The van der Waals surface area contributed by atoms with Crippen LogP contribution in [0.5, 0.6) is 0 Å². The molecule has 0 unspecified atom stereocenters. The second-order valence-electron chi connectivity index (χ2n) is 6.38. The molecule has 0 bridgehead atoms. The molecule has 0 amide bonds. The molecule has 3 rings (SSSR count). The number of non-ortho nitro benzene ring substituents is 1. The lowest BCUT2D eigenvalue weighted by Gasteiger charge is -2.10. The van der Waals surface area contributed by atoms with E-state index < -0.39 is 51.2 Å². The number of alkyl halides is 3. The minimum Gasteiger partial charge on any atom is -0.465 e. The first-order valence-electron chi connectivity index (χ1n) is 8.72. The number of halogens is 3. The summed E-state index contributed by atoms with van der Waals surface area (Å²) in [6.45, 7) is 0. The normalized spacial score (nSPS) is 11.3. The number of carbonyl (C=O) groups is 3. The quantitative estimate of drug-likeness (QED) is 0.252. The highest BCUT2D eigenvalue weighted by atomic mass is 19.4. The molecule has 0 spiro atoms. The molecule has 0 radical (unpaired) electrons. The summed E-state index contributed by atoms with van der Waals surface area (Å²) in [7, 11) is 1.94. The molecular formula is C20H13F3N2O7. The van der Waals surface area contributed by atoms with E-state index in [0.29, 0.717) is 0 Å². The van der Waals surface area contributed by atoms with Gasteiger partial charge in [-0.05, 0) is 24.3 Å². The highest BCUT2D eigenvalue weighted by Crippen LogP contribution is 2.40. The molecule has 32 heavy (non-hydrogen) atoms. The number of nitrogens with zero attached hydrogens (tertiary/aromatic N) is 2. The van der Waals surface area contributed by atoms with E-state index in [9.17, 15) is 37.7 Å². The van der Waals surface area contributed by atoms with Crippen LogP contribution < -0.4 is 0 Å². The number of carbonyl (C=O) groups excluding carboxylic acids is 3. The largest absolute Gasteiger partial charge is 0.465 e. The third-order valence-corrected chi connectivity index (χ3v) is 4.59. The van der Waals surface area contributed by atoms with Crippen molar-refractivity contribution in [3.63, 3.8) is 0 Å². The van der Waals surface area contributed by atoms with Gasteiger partial charge in [0.05, 0.1) is 35.8 Å². The minimum atomic E-state index is -5.16. The van der Waals surface area contributed by atoms with E-state index >= 15 is 0 Å². The summed E-state index contributed by atoms with van der Waals surface area (Å²) in [5, 5.41) is 10.8. The maximum Gasteiger partial charge on any atom is 0.419 e. The molecule has 1 aromatic carbocycles. The summed E-state index contributed by atoms with van der Waals surface area (Å²) in [4.78, 5) is 47.3. The molecule has 12 heteroatoms. The highest BCUT2D eigenvalue weighted by Gasteiger charge is 2.44. The molecule has 0 aliphatic carbocycles. The van der Waals surface area contributed by atoms with Crippen molar-refractivity contribution in [2.24, 2.45) is 0 Å². The number of hydrogen-bond donors (Lipinski definition) is 0. The predicted octanol–water partition coefficient (Wildman–Crippen LogP) is 3.67. The van der Waals surface area contributed by atoms with E-state index in [1.165, 1.54) is 0 Å². The van der Waals surface area contributed by atoms with Crippen molar-refractivity contribution in [2.45, 2.75) is 6.18 Å². The van der Waals surface area contributed by atoms with E-state index in [2.05, 4.69) is 9.47 Å². The van der Waals surface area contributed by atoms with Crippen molar-refractivity contribution in [1.29, 1.82) is 0 Å². The van der Waals surface area contributed by atoms with Crippen LogP contribution in [0.25, 0.3) is 5.52 Å². The lowest BCUT2D eigenvalue weighted by Crippen LogP contribution is -2.17. The summed E-state index contributed by atoms with van der Waals surface area (Å²) >= 11 is 0. The van der Waals surface area contributed by atoms with Gasteiger partial charge in [-0.1, -0.05) is 0 Å². The Morgan fingerprint density at radius 1 is 0.969 bits per heavy atom. The number of ketones is 1. The number of esters is 2. The Morgan fingerprint density at radius 2 is 1.56 bits per heavy atom. The van der Waals surface area contributed by atoms with Gasteiger partial charge in [-0.15, -0.1) is 0 Å². The fraction of sp³-hybridized carbons (Fsp3) is 0.150. The van der Waals surface area contributed by atoms with Gasteiger partial charge in [-0.3, -0.25) is 14.9 Å². The van der Waals surface area contributed by atoms with Gasteiger partial charge in [-0.25, -0.2) is 9.59 Å². The molecule has 3 aromatic rings. The Balaban J connectivity index is 2.37. The van der Waals surface area contributed by atoms with E-state index in [0.717, 1.165) is 61.2 Å². The van der Waals surface area contributed by atoms with Crippen LogP contribution in [0.4, 0.5) is 18.9 Å². The monoisotopic (exact) mass is 450 g/mol. The van der Waals surface area contributed by atoms with Crippen LogP contribution in [0.3, 0.4) is 0 Å². The third kappa shape index (κ3) is 3.77. The first-order valence-corrected chi connectivity index (χ1v) is 8.72. The van der Waals surface area contributed by atoms with E-state index in [1.807, 2.05) is 0 Å². The molecule has 2 aromatic heterocycles. The lowest BCUT2D eigenvalue weighted by atomic mass is 10.0. The number of benzene rings is 1. The summed E-state index contributed by atoms with van der Waals surface area (Å²) in [5.74, 6) is -3.40. The Kier molecular flexibility index (Phi) is 5.71. The molecule has 0 aliphatic heterocycles. The van der Waals surface area contributed by atoms with Crippen LogP contribution in [0.1, 0.15) is 42.3 Å². The number of rotatable bonds is 5. The van der Waals surface area contributed by atoms with Crippen LogP contribution in [-0.4, -0.2) is 41.3 Å². The number of fused-ring (bicyclic) bond motifs is 1. The highest BCUT2D eigenvalue weighted by molar-refractivity contribution is 6.13. The van der Waals surface area contributed by atoms with E-state index in [1.54, 1.807) is 0 Å². The van der Waals surface area contributed by atoms with Gasteiger partial charge in [0, 0.05) is 23.9 Å². The molecule has 166 valence electrons. The summed E-state index contributed by atoms with van der Waals surface area (Å²) < 4.78 is 52.0. The van der Waals surface area contributed by atoms with E-state index in [-0.39, 0.29) is 16.8 Å². The number of ether oxygens (including phenoxy) is 2. The molecule has 0 saturated heterocycles. The Labute approximate surface area is 177 Å². The fourth-order valence-electron chi connectivity index (χ4n) is 3.18. The molecule has 0 aliphatic rings. The van der Waals surface area contributed by atoms with Gasteiger partial charge in [0.2, 0.25) is 5.78 Å². The first-order chi connectivity index (χ1) is 15.0. The second kappa shape index (κ2) is 8.13. The van der Waals surface area contributed by atoms with Crippen molar-refractivity contribution in [3.05, 3.63) is 80.7 Å². The molecule has 2 heterocycles. The van der Waals surface area contributed by atoms with Gasteiger partial charge >= 0.3 is 18.1 Å². The van der Waals surface area contributed by atoms with Crippen molar-refractivity contribution < 1.29 is 42.0 Å². The number of aromatic nitrogens is 1. The van der Waals surface area contributed by atoms with Crippen molar-refractivity contribution in [3.8, 4) is 0 Å². The maximum atomic E-state index is 14.1. The number of nitro benzene ring substituents is 1. The molecular weight excluding hydrogens is 437 g/mol. The zero-order valence-corrected chi connectivity index (χ0v) is 16.4. The molecule has 0 atom stereocenters. The van der Waals surface area contributed by atoms with Crippen LogP contribution in [0.15, 0.2) is 42.6 Å². The van der Waals surface area contributed by atoms with Crippen molar-refractivity contribution in [1.82, 2.24) is 4.40 Å². The van der Waals surface area contributed by atoms with Crippen LogP contribution in [-0.2, 0) is 15.7 Å². The summed E-state index contributed by atoms with van der Waals surface area (Å²) in [5.41, 5.74) is -4.66. The second-order valence-corrected chi connectivity index (χ2v) is 6.38. The fourth-order valence-corrected chi connectivity index (χ4v) is 3.18. The zero-order chi connectivity index (χ0) is 23.8. The van der Waals surface area contributed by atoms with Crippen LogP contribution in [0, 0.1) is 10.1 Å². The number of pyridine rings is 1. The topological polar surface area (TPSA) is 117 Å². The van der Waals surface area contributed by atoms with Gasteiger partial charge < -0.3 is 13.9 Å². The van der Waals surface area contributed by atoms with Crippen molar-refractivity contribution in [2.75, 3.05) is 14.2 Å². The number of hydrogen-bond acceptors (Lipinski definition) is 7. The van der Waals surface area contributed by atoms with Gasteiger partial charge in [-0.2, -0.15) is 13.2 Å². The smallest absolute Gasteiger partial charge is 0.419 e. The van der Waals surface area contributed by atoms with E-state index in [4.69, 9.17) is 0 Å². The predicted molar refractivity (Wildman–Crippen MR) is 102 cm³/mol. The van der Waals surface area contributed by atoms with Crippen LogP contribution in [0.2, 0.25) is 0 Å². The minimum absolute atomic E-state index is 0.161. The summed E-state index contributed by atoms with van der Waals surface area (Å²) in [6, 6.07) is 6.02. The summed E-state index contributed by atoms with van der Waals surface area (Å²) in [6.07, 6.45) is -4.14. The third-order valence-electron chi connectivity index (χ3n) is 4.59. The number of methoxy groups -OCH3 is 2. The van der Waals surface area contributed by atoms with Crippen molar-refractivity contribution >= 4 is 28.9 Å². The molecule has 0 saturated carbocycles. The average Bonchev–Trinajstić information content (AvgIpc) is 3.12. The SMILES string of the molecule is COC(=O)c1ccn2c(C(=O)c3ccc([N+](=O)[O-])cc3)c(C(F)(F)F)c(C(=O)OC)c2c1. The lowest BCUT2D eigenvalue weighted by molar-refractivity contribution is -0.384. The van der Waals surface area contributed by atoms with Gasteiger partial charge in [0.25, 0.3) is 5.69 Å². The van der Waals surface area contributed by atoms with Gasteiger partial charge in [0.15, 0.2) is 0 Å². The zero-order valence-electron chi connectivity index (χ0n) is 16.4. The Hall–Kier alpha value is -4.22. The number of nitro groups is 1.